The van der Waals surface area contributed by atoms with Gasteiger partial charge in [0, 0.05) is 36.0 Å². The van der Waals surface area contributed by atoms with Crippen LogP contribution in [0.2, 0.25) is 0 Å². The first-order valence-electron chi connectivity index (χ1n) is 6.89. The van der Waals surface area contributed by atoms with Gasteiger partial charge in [-0.3, -0.25) is 9.59 Å². The zero-order chi connectivity index (χ0) is 15.8. The highest BCUT2D eigenvalue weighted by molar-refractivity contribution is 7.08. The lowest BCUT2D eigenvalue weighted by atomic mass is 10.2. The van der Waals surface area contributed by atoms with Crippen LogP contribution in [0.15, 0.2) is 41.1 Å². The summed E-state index contributed by atoms with van der Waals surface area (Å²) in [6.45, 7) is 0.716. The molecule has 0 spiro atoms. The summed E-state index contributed by atoms with van der Waals surface area (Å²) in [6, 6.07) is 9.27. The summed E-state index contributed by atoms with van der Waals surface area (Å²) in [5.41, 5.74) is 1.54. The molecule has 2 amide bonds. The average Bonchev–Trinajstić information content (AvgIpc) is 3.07. The number of carbonyl (C=O) groups is 2. The van der Waals surface area contributed by atoms with Gasteiger partial charge in [-0.2, -0.15) is 11.3 Å². The van der Waals surface area contributed by atoms with Crippen LogP contribution in [0.4, 0.5) is 0 Å². The van der Waals surface area contributed by atoms with E-state index in [-0.39, 0.29) is 18.2 Å². The Labute approximate surface area is 133 Å². The predicted molar refractivity (Wildman–Crippen MR) is 86.1 cm³/mol. The van der Waals surface area contributed by atoms with Crippen molar-refractivity contribution in [3.05, 3.63) is 52.2 Å². The van der Waals surface area contributed by atoms with Crippen molar-refractivity contribution < 1.29 is 14.3 Å². The summed E-state index contributed by atoms with van der Waals surface area (Å²) in [5, 5.41) is 9.15. The number of hydrogen-bond acceptors (Lipinski definition) is 4. The molecule has 0 saturated heterocycles. The fourth-order valence-corrected chi connectivity index (χ4v) is 2.55. The van der Waals surface area contributed by atoms with Gasteiger partial charge in [-0.25, -0.2) is 0 Å². The number of methoxy groups -OCH3 is 1. The lowest BCUT2D eigenvalue weighted by Crippen LogP contribution is -2.30. The largest absolute Gasteiger partial charge is 0.496 e. The molecule has 2 N–H and O–H groups in total. The molecule has 116 valence electrons. The highest BCUT2D eigenvalue weighted by Gasteiger charge is 2.07. The van der Waals surface area contributed by atoms with E-state index in [9.17, 15) is 9.59 Å². The lowest BCUT2D eigenvalue weighted by Gasteiger charge is -2.09. The molecule has 0 bridgehead atoms. The van der Waals surface area contributed by atoms with Gasteiger partial charge >= 0.3 is 0 Å². The predicted octanol–water partition coefficient (Wildman–Crippen LogP) is 2.19. The fourth-order valence-electron chi connectivity index (χ4n) is 1.92. The summed E-state index contributed by atoms with van der Waals surface area (Å²) in [6.07, 6.45) is 0.241. The molecule has 0 aliphatic heterocycles. The Kier molecular flexibility index (Phi) is 5.97. The summed E-state index contributed by atoms with van der Waals surface area (Å²) in [5.74, 6) is 0.476. The zero-order valence-electron chi connectivity index (χ0n) is 12.3. The first-order chi connectivity index (χ1) is 10.7. The molecule has 0 radical (unpaired) electrons. The zero-order valence-corrected chi connectivity index (χ0v) is 13.1. The summed E-state index contributed by atoms with van der Waals surface area (Å²) < 4.78 is 5.22. The molecule has 0 fully saturated rings. The maximum Gasteiger partial charge on any atom is 0.252 e. The van der Waals surface area contributed by atoms with E-state index in [0.29, 0.717) is 18.7 Å². The Morgan fingerprint density at radius 2 is 2.00 bits per heavy atom. The second-order valence-electron chi connectivity index (χ2n) is 4.61. The topological polar surface area (TPSA) is 67.4 Å². The minimum Gasteiger partial charge on any atom is -0.496 e. The lowest BCUT2D eigenvalue weighted by molar-refractivity contribution is -0.121. The molecule has 0 aliphatic rings. The maximum absolute atomic E-state index is 11.8. The first kappa shape index (κ1) is 16.0. The van der Waals surface area contributed by atoms with Crippen molar-refractivity contribution in [2.45, 2.75) is 13.0 Å². The van der Waals surface area contributed by atoms with E-state index in [1.54, 1.807) is 18.6 Å². The third kappa shape index (κ3) is 4.60. The molecule has 1 aromatic heterocycles. The molecule has 2 rings (SSSR count). The van der Waals surface area contributed by atoms with Crippen molar-refractivity contribution in [2.75, 3.05) is 13.7 Å². The van der Waals surface area contributed by atoms with E-state index in [2.05, 4.69) is 10.6 Å². The number of hydrogen-bond donors (Lipinski definition) is 2. The van der Waals surface area contributed by atoms with Gasteiger partial charge in [-0.1, -0.05) is 18.2 Å². The molecule has 1 aromatic carbocycles. The van der Waals surface area contributed by atoms with Gasteiger partial charge < -0.3 is 15.4 Å². The molecule has 0 saturated carbocycles. The smallest absolute Gasteiger partial charge is 0.252 e. The molecule has 22 heavy (non-hydrogen) atoms. The molecular weight excluding hydrogens is 300 g/mol. The van der Waals surface area contributed by atoms with E-state index in [1.807, 2.05) is 29.6 Å². The van der Waals surface area contributed by atoms with Crippen LogP contribution in [0.25, 0.3) is 0 Å². The number of rotatable bonds is 7. The minimum atomic E-state index is -0.154. The summed E-state index contributed by atoms with van der Waals surface area (Å²) in [4.78, 5) is 23.5. The second kappa shape index (κ2) is 8.19. The van der Waals surface area contributed by atoms with Gasteiger partial charge in [0.15, 0.2) is 0 Å². The summed E-state index contributed by atoms with van der Waals surface area (Å²) in [7, 11) is 1.60. The number of amides is 2. The number of carbonyl (C=O) groups excluding carboxylic acids is 2. The number of thiophene rings is 1. The normalized spacial score (nSPS) is 10.0. The Hall–Kier alpha value is -2.34. The van der Waals surface area contributed by atoms with Crippen molar-refractivity contribution in [3.8, 4) is 5.75 Å². The van der Waals surface area contributed by atoms with E-state index < -0.39 is 0 Å². The second-order valence-corrected chi connectivity index (χ2v) is 5.39. The molecule has 0 aliphatic carbocycles. The number of para-hydroxylation sites is 1. The van der Waals surface area contributed by atoms with Crippen LogP contribution >= 0.6 is 11.3 Å². The molecule has 0 atom stereocenters. The van der Waals surface area contributed by atoms with E-state index in [0.717, 1.165) is 11.3 Å². The fraction of sp³-hybridized carbons (Fsp3) is 0.250. The van der Waals surface area contributed by atoms with E-state index >= 15 is 0 Å². The Morgan fingerprint density at radius 1 is 1.18 bits per heavy atom. The SMILES string of the molecule is COc1ccccc1CNC(=O)CCNC(=O)c1ccsc1. The molecule has 5 nitrogen and oxygen atoms in total. The molecule has 0 unspecified atom stereocenters. The highest BCUT2D eigenvalue weighted by Crippen LogP contribution is 2.16. The van der Waals surface area contributed by atoms with E-state index in [4.69, 9.17) is 4.74 Å². The van der Waals surface area contributed by atoms with Gasteiger partial charge in [0.2, 0.25) is 5.91 Å². The van der Waals surface area contributed by atoms with Crippen LogP contribution in [-0.4, -0.2) is 25.5 Å². The van der Waals surface area contributed by atoms with Gasteiger partial charge in [0.05, 0.1) is 7.11 Å². The van der Waals surface area contributed by atoms with Crippen LogP contribution in [0, 0.1) is 0 Å². The van der Waals surface area contributed by atoms with Gasteiger partial charge in [0.1, 0.15) is 5.75 Å². The van der Waals surface area contributed by atoms with Crippen LogP contribution in [0.3, 0.4) is 0 Å². The third-order valence-corrected chi connectivity index (χ3v) is 3.77. The van der Waals surface area contributed by atoms with Crippen molar-refractivity contribution >= 4 is 23.2 Å². The molecular formula is C16H18N2O3S. The van der Waals surface area contributed by atoms with Crippen molar-refractivity contribution in [2.24, 2.45) is 0 Å². The van der Waals surface area contributed by atoms with Crippen molar-refractivity contribution in [3.63, 3.8) is 0 Å². The number of benzene rings is 1. The van der Waals surface area contributed by atoms with Gasteiger partial charge in [-0.05, 0) is 17.5 Å². The van der Waals surface area contributed by atoms with Crippen LogP contribution in [0.1, 0.15) is 22.3 Å². The van der Waals surface area contributed by atoms with Gasteiger partial charge in [0.25, 0.3) is 5.91 Å². The van der Waals surface area contributed by atoms with Gasteiger partial charge in [-0.15, -0.1) is 0 Å². The minimum absolute atomic E-state index is 0.114. The summed E-state index contributed by atoms with van der Waals surface area (Å²) >= 11 is 1.46. The Balaban J connectivity index is 1.71. The third-order valence-electron chi connectivity index (χ3n) is 3.09. The van der Waals surface area contributed by atoms with Crippen molar-refractivity contribution in [1.29, 1.82) is 0 Å². The van der Waals surface area contributed by atoms with Crippen LogP contribution in [0.5, 0.6) is 5.75 Å². The average molecular weight is 318 g/mol. The molecule has 2 aromatic rings. The molecule has 6 heteroatoms. The number of ether oxygens (including phenoxy) is 1. The Morgan fingerprint density at radius 3 is 2.73 bits per heavy atom. The molecule has 1 heterocycles. The quantitative estimate of drug-likeness (QED) is 0.822. The maximum atomic E-state index is 11.8. The van der Waals surface area contributed by atoms with Crippen LogP contribution < -0.4 is 15.4 Å². The standard InChI is InChI=1S/C16H18N2O3S/c1-21-14-5-3-2-4-12(14)10-18-15(19)6-8-17-16(20)13-7-9-22-11-13/h2-5,7,9,11H,6,8,10H2,1H3,(H,17,20)(H,18,19). The highest BCUT2D eigenvalue weighted by atomic mass is 32.1. The monoisotopic (exact) mass is 318 g/mol. The van der Waals surface area contributed by atoms with E-state index in [1.165, 1.54) is 11.3 Å². The van der Waals surface area contributed by atoms with Crippen molar-refractivity contribution in [1.82, 2.24) is 10.6 Å². The van der Waals surface area contributed by atoms with Crippen LogP contribution in [-0.2, 0) is 11.3 Å². The Bertz CT molecular complexity index is 626. The number of nitrogens with one attached hydrogen (secondary N) is 2. The first-order valence-corrected chi connectivity index (χ1v) is 7.84.